The summed E-state index contributed by atoms with van der Waals surface area (Å²) in [6.07, 6.45) is -3.02. The summed E-state index contributed by atoms with van der Waals surface area (Å²) in [5, 5.41) is 23.8. The molecule has 8 heteroatoms. The molecule has 0 aliphatic heterocycles. The second-order valence-electron chi connectivity index (χ2n) is 7.50. The summed E-state index contributed by atoms with van der Waals surface area (Å²) in [7, 11) is 0. The van der Waals surface area contributed by atoms with Crippen LogP contribution >= 0.6 is 23.2 Å². The van der Waals surface area contributed by atoms with Crippen LogP contribution in [0.5, 0.6) is 5.75 Å². The van der Waals surface area contributed by atoms with Gasteiger partial charge >= 0.3 is 6.09 Å². The van der Waals surface area contributed by atoms with E-state index in [1.165, 1.54) is 0 Å². The third kappa shape index (κ3) is 7.74. The van der Waals surface area contributed by atoms with Gasteiger partial charge in [-0.3, -0.25) is 0 Å². The number of alkyl carbamates (subject to hydrolysis) is 1. The molecule has 0 aromatic heterocycles. The van der Waals surface area contributed by atoms with Crippen molar-refractivity contribution in [3.63, 3.8) is 0 Å². The van der Waals surface area contributed by atoms with E-state index in [1.54, 1.807) is 57.2 Å². The average molecular weight is 442 g/mol. The fourth-order valence-corrected chi connectivity index (χ4v) is 2.71. The normalized spacial score (nSPS) is 13.5. The number of nitrogens with one attached hydrogen (secondary N) is 1. The number of hydrogen-bond donors (Lipinski definition) is 3. The molecule has 0 heterocycles. The van der Waals surface area contributed by atoms with Crippen molar-refractivity contribution in [3.8, 4) is 5.75 Å². The summed E-state index contributed by atoms with van der Waals surface area (Å²) >= 11 is 11.9. The zero-order valence-electron chi connectivity index (χ0n) is 16.5. The van der Waals surface area contributed by atoms with Crippen molar-refractivity contribution in [1.29, 1.82) is 0 Å². The number of aliphatic hydroxyl groups excluding tert-OH is 2. The second kappa shape index (κ2) is 10.2. The lowest BCUT2D eigenvalue weighted by molar-refractivity contribution is 0.0129. The Morgan fingerprint density at radius 1 is 1.07 bits per heavy atom. The highest BCUT2D eigenvalue weighted by Gasteiger charge is 2.21. The molecule has 158 valence electrons. The van der Waals surface area contributed by atoms with Gasteiger partial charge in [-0.05, 0) is 56.2 Å². The van der Waals surface area contributed by atoms with Crippen LogP contribution < -0.4 is 10.1 Å². The quantitative estimate of drug-likeness (QED) is 0.588. The van der Waals surface area contributed by atoms with Gasteiger partial charge in [0.05, 0.1) is 10.0 Å². The van der Waals surface area contributed by atoms with Crippen LogP contribution in [-0.2, 0) is 11.3 Å². The van der Waals surface area contributed by atoms with E-state index in [1.807, 2.05) is 6.07 Å². The van der Waals surface area contributed by atoms with Gasteiger partial charge in [0.25, 0.3) is 0 Å². The first-order chi connectivity index (χ1) is 13.5. The maximum Gasteiger partial charge on any atom is 0.407 e. The molecule has 2 unspecified atom stereocenters. The molecular weight excluding hydrogens is 417 g/mol. The van der Waals surface area contributed by atoms with Gasteiger partial charge in [-0.1, -0.05) is 41.4 Å². The standard InChI is InChI=1S/C21H25Cl2NO5/c1-21(2,3)29-20(27)24-11-18(25)19(26)14-5-7-15(8-6-14)28-12-13-4-9-16(22)17(23)10-13/h4-10,18-19,25-26H,11-12H2,1-3H3,(H,24,27). The summed E-state index contributed by atoms with van der Waals surface area (Å²) in [6, 6.07) is 11.9. The van der Waals surface area contributed by atoms with E-state index in [2.05, 4.69) is 5.32 Å². The molecule has 2 rings (SSSR count). The molecule has 0 radical (unpaired) electrons. The first kappa shape index (κ1) is 23.3. The van der Waals surface area contributed by atoms with E-state index in [9.17, 15) is 15.0 Å². The highest BCUT2D eigenvalue weighted by molar-refractivity contribution is 6.42. The highest BCUT2D eigenvalue weighted by atomic mass is 35.5. The predicted molar refractivity (Wildman–Crippen MR) is 112 cm³/mol. The van der Waals surface area contributed by atoms with Crippen molar-refractivity contribution >= 4 is 29.3 Å². The summed E-state index contributed by atoms with van der Waals surface area (Å²) in [5.41, 5.74) is 0.721. The molecule has 0 aliphatic carbocycles. The molecule has 2 atom stereocenters. The minimum absolute atomic E-state index is 0.147. The molecule has 0 aliphatic rings. The Morgan fingerprint density at radius 3 is 2.31 bits per heavy atom. The van der Waals surface area contributed by atoms with Crippen molar-refractivity contribution in [2.45, 2.75) is 45.2 Å². The van der Waals surface area contributed by atoms with Crippen molar-refractivity contribution in [3.05, 3.63) is 63.6 Å². The Labute approximate surface area is 180 Å². The van der Waals surface area contributed by atoms with Gasteiger partial charge in [0, 0.05) is 6.54 Å². The number of hydrogen-bond acceptors (Lipinski definition) is 5. The zero-order chi connectivity index (χ0) is 21.6. The van der Waals surface area contributed by atoms with Crippen molar-refractivity contribution in [2.24, 2.45) is 0 Å². The van der Waals surface area contributed by atoms with Gasteiger partial charge in [0.1, 0.15) is 30.2 Å². The SMILES string of the molecule is CC(C)(C)OC(=O)NCC(O)C(O)c1ccc(OCc2ccc(Cl)c(Cl)c2)cc1. The van der Waals surface area contributed by atoms with Gasteiger partial charge in [-0.15, -0.1) is 0 Å². The fourth-order valence-electron chi connectivity index (χ4n) is 2.39. The molecular formula is C21H25Cl2NO5. The Bertz CT molecular complexity index is 821. The third-order valence-corrected chi connectivity index (χ3v) is 4.57. The van der Waals surface area contributed by atoms with Gasteiger partial charge in [0.2, 0.25) is 0 Å². The van der Waals surface area contributed by atoms with Gasteiger partial charge < -0.3 is 25.0 Å². The van der Waals surface area contributed by atoms with Crippen LogP contribution in [0, 0.1) is 0 Å². The largest absolute Gasteiger partial charge is 0.489 e. The van der Waals surface area contributed by atoms with Crippen LogP contribution in [0.15, 0.2) is 42.5 Å². The molecule has 3 N–H and O–H groups in total. The molecule has 2 aromatic rings. The number of carbonyl (C=O) groups excluding carboxylic acids is 1. The van der Waals surface area contributed by atoms with Crippen molar-refractivity contribution in [1.82, 2.24) is 5.32 Å². The number of ether oxygens (including phenoxy) is 2. The van der Waals surface area contributed by atoms with E-state index >= 15 is 0 Å². The highest BCUT2D eigenvalue weighted by Crippen LogP contribution is 2.24. The molecule has 6 nitrogen and oxygen atoms in total. The number of rotatable bonds is 7. The van der Waals surface area contributed by atoms with Crippen LogP contribution in [-0.4, -0.2) is 34.6 Å². The monoisotopic (exact) mass is 441 g/mol. The molecule has 0 saturated carbocycles. The van der Waals surface area contributed by atoms with Gasteiger partial charge in [0.15, 0.2) is 0 Å². The van der Waals surface area contributed by atoms with Crippen LogP contribution in [0.2, 0.25) is 10.0 Å². The van der Waals surface area contributed by atoms with Crippen LogP contribution in [0.4, 0.5) is 4.79 Å². The number of amides is 1. The minimum Gasteiger partial charge on any atom is -0.489 e. The van der Waals surface area contributed by atoms with Gasteiger partial charge in [-0.2, -0.15) is 0 Å². The van der Waals surface area contributed by atoms with Crippen molar-refractivity contribution in [2.75, 3.05) is 6.54 Å². The lowest BCUT2D eigenvalue weighted by Gasteiger charge is -2.22. The first-order valence-corrected chi connectivity index (χ1v) is 9.80. The summed E-state index contributed by atoms with van der Waals surface area (Å²) in [4.78, 5) is 11.6. The number of benzene rings is 2. The number of halogens is 2. The average Bonchev–Trinajstić information content (AvgIpc) is 2.65. The van der Waals surface area contributed by atoms with E-state index in [-0.39, 0.29) is 6.54 Å². The summed E-state index contributed by atoms with van der Waals surface area (Å²) < 4.78 is 10.8. The minimum atomic E-state index is -1.19. The zero-order valence-corrected chi connectivity index (χ0v) is 18.0. The number of carbonyl (C=O) groups is 1. The topological polar surface area (TPSA) is 88.0 Å². The maximum absolute atomic E-state index is 11.6. The van der Waals surface area contributed by atoms with E-state index in [0.29, 0.717) is 28.0 Å². The lowest BCUT2D eigenvalue weighted by atomic mass is 10.0. The first-order valence-electron chi connectivity index (χ1n) is 9.05. The Morgan fingerprint density at radius 2 is 1.72 bits per heavy atom. The van der Waals surface area contributed by atoms with Crippen LogP contribution in [0.3, 0.4) is 0 Å². The molecule has 29 heavy (non-hydrogen) atoms. The maximum atomic E-state index is 11.6. The number of aliphatic hydroxyl groups is 2. The Balaban J connectivity index is 1.86. The Hall–Kier alpha value is -1.99. The molecule has 0 bridgehead atoms. The third-order valence-electron chi connectivity index (χ3n) is 3.83. The van der Waals surface area contributed by atoms with Gasteiger partial charge in [-0.25, -0.2) is 4.79 Å². The summed E-state index contributed by atoms with van der Waals surface area (Å²) in [6.45, 7) is 5.38. The molecule has 0 fully saturated rings. The lowest BCUT2D eigenvalue weighted by Crippen LogP contribution is -2.38. The molecule has 1 amide bonds. The van der Waals surface area contributed by atoms with E-state index in [0.717, 1.165) is 5.56 Å². The van der Waals surface area contributed by atoms with E-state index in [4.69, 9.17) is 32.7 Å². The smallest absolute Gasteiger partial charge is 0.407 e. The second-order valence-corrected chi connectivity index (χ2v) is 8.32. The van der Waals surface area contributed by atoms with Crippen LogP contribution in [0.1, 0.15) is 38.0 Å². The fraction of sp³-hybridized carbons (Fsp3) is 0.381. The summed E-state index contributed by atoms with van der Waals surface area (Å²) in [5.74, 6) is 0.591. The van der Waals surface area contributed by atoms with Crippen molar-refractivity contribution < 1.29 is 24.5 Å². The Kier molecular flexibility index (Phi) is 8.16. The van der Waals surface area contributed by atoms with E-state index < -0.39 is 23.9 Å². The molecule has 0 saturated heterocycles. The molecule has 0 spiro atoms. The predicted octanol–water partition coefficient (Wildman–Crippen LogP) is 4.49. The van der Waals surface area contributed by atoms with Crippen LogP contribution in [0.25, 0.3) is 0 Å². The molecule has 2 aromatic carbocycles.